The first-order valence-corrected chi connectivity index (χ1v) is 7.10. The minimum absolute atomic E-state index is 0.0283. The normalized spacial score (nSPS) is 13.8. The summed E-state index contributed by atoms with van der Waals surface area (Å²) in [5.41, 5.74) is 12.6. The van der Waals surface area contributed by atoms with Gasteiger partial charge in [0, 0.05) is 0 Å². The van der Waals surface area contributed by atoms with Gasteiger partial charge in [-0.3, -0.25) is 4.40 Å². The second-order valence-electron chi connectivity index (χ2n) is 5.20. The maximum Gasteiger partial charge on any atom is 0.452 e. The van der Waals surface area contributed by atoms with E-state index in [1.807, 2.05) is 0 Å². The molecule has 0 fully saturated rings. The summed E-state index contributed by atoms with van der Waals surface area (Å²) in [7, 11) is 0. The Morgan fingerprint density at radius 3 is 2.61 bits per heavy atom. The number of benzene rings is 1. The lowest BCUT2D eigenvalue weighted by atomic mass is 10.1. The van der Waals surface area contributed by atoms with Crippen molar-refractivity contribution in [2.45, 2.75) is 25.1 Å². The van der Waals surface area contributed by atoms with Crippen molar-refractivity contribution in [2.24, 2.45) is 11.5 Å². The second kappa shape index (κ2) is 5.74. The average molecular weight is 324 g/mol. The van der Waals surface area contributed by atoms with Crippen molar-refractivity contribution in [3.8, 4) is 0 Å². The Bertz CT molecular complexity index is 842. The highest BCUT2D eigenvalue weighted by molar-refractivity contribution is 5.78. The summed E-state index contributed by atoms with van der Waals surface area (Å²) in [6.45, 7) is 0.443. The minimum atomic E-state index is -4.62. The zero-order valence-electron chi connectivity index (χ0n) is 12.1. The smallest absolute Gasteiger partial charge is 0.330 e. The molecule has 3 rings (SSSR count). The van der Waals surface area contributed by atoms with Crippen LogP contribution in [-0.4, -0.2) is 26.1 Å². The highest BCUT2D eigenvalue weighted by atomic mass is 19.4. The molecule has 2 heterocycles. The van der Waals surface area contributed by atoms with Gasteiger partial charge < -0.3 is 11.5 Å². The Morgan fingerprint density at radius 1 is 1.17 bits per heavy atom. The number of rotatable bonds is 4. The van der Waals surface area contributed by atoms with Gasteiger partial charge in [-0.1, -0.05) is 12.1 Å². The van der Waals surface area contributed by atoms with Gasteiger partial charge >= 0.3 is 6.18 Å². The first-order valence-electron chi connectivity index (χ1n) is 7.10. The van der Waals surface area contributed by atoms with E-state index in [-0.39, 0.29) is 11.2 Å². The van der Waals surface area contributed by atoms with E-state index in [0.29, 0.717) is 30.6 Å². The van der Waals surface area contributed by atoms with Crippen LogP contribution in [-0.2, 0) is 6.18 Å². The summed E-state index contributed by atoms with van der Waals surface area (Å²) < 4.78 is 40.6. The van der Waals surface area contributed by atoms with Gasteiger partial charge in [0.15, 0.2) is 5.65 Å². The molecule has 0 radical (unpaired) electrons. The number of aromatic nitrogens is 4. The van der Waals surface area contributed by atoms with E-state index in [1.54, 1.807) is 24.3 Å². The summed E-state index contributed by atoms with van der Waals surface area (Å²) in [6.07, 6.45) is -3.48. The van der Waals surface area contributed by atoms with Crippen molar-refractivity contribution in [3.05, 3.63) is 35.8 Å². The Labute approximate surface area is 129 Å². The van der Waals surface area contributed by atoms with Crippen LogP contribution < -0.4 is 11.5 Å². The molecule has 3 aromatic rings. The molecule has 0 aliphatic carbocycles. The van der Waals surface area contributed by atoms with Gasteiger partial charge in [-0.2, -0.15) is 13.2 Å². The SMILES string of the molecule is NCCCC(N)c1nc2ccccc2n2c(C(F)(F)F)nnc12. The molecular weight excluding hydrogens is 309 g/mol. The van der Waals surface area contributed by atoms with Crippen molar-refractivity contribution >= 4 is 16.7 Å². The third kappa shape index (κ3) is 2.73. The summed E-state index contributed by atoms with van der Waals surface area (Å²) in [4.78, 5) is 4.40. The Balaban J connectivity index is 2.31. The van der Waals surface area contributed by atoms with E-state index < -0.39 is 18.0 Å². The van der Waals surface area contributed by atoms with Gasteiger partial charge in [0.2, 0.25) is 5.82 Å². The molecule has 1 unspecified atom stereocenters. The number of fused-ring (bicyclic) bond motifs is 3. The molecule has 23 heavy (non-hydrogen) atoms. The van der Waals surface area contributed by atoms with Crippen LogP contribution in [0.3, 0.4) is 0 Å². The fraction of sp³-hybridized carbons (Fsp3) is 0.357. The molecule has 0 spiro atoms. The lowest BCUT2D eigenvalue weighted by molar-refractivity contribution is -0.145. The first kappa shape index (κ1) is 15.6. The van der Waals surface area contributed by atoms with Gasteiger partial charge in [-0.25, -0.2) is 4.98 Å². The topological polar surface area (TPSA) is 95.1 Å². The van der Waals surface area contributed by atoms with Crippen LogP contribution in [0.25, 0.3) is 16.7 Å². The van der Waals surface area contributed by atoms with E-state index in [1.165, 1.54) is 0 Å². The number of para-hydroxylation sites is 2. The summed E-state index contributed by atoms with van der Waals surface area (Å²) >= 11 is 0. The predicted molar refractivity (Wildman–Crippen MR) is 78.5 cm³/mol. The molecule has 0 saturated heterocycles. The number of nitrogens with two attached hydrogens (primary N) is 2. The van der Waals surface area contributed by atoms with Crippen LogP contribution in [0.2, 0.25) is 0 Å². The van der Waals surface area contributed by atoms with Crippen LogP contribution in [0.4, 0.5) is 13.2 Å². The standard InChI is InChI=1S/C14H15F3N6/c15-14(16,17)13-22-21-12-11(8(19)4-3-7-18)20-9-5-1-2-6-10(9)23(12)13/h1-2,5-6,8H,3-4,7,18-19H2. The third-order valence-electron chi connectivity index (χ3n) is 3.58. The summed E-state index contributed by atoms with van der Waals surface area (Å²) in [6, 6.07) is 5.96. The minimum Gasteiger partial charge on any atom is -0.330 e. The molecule has 1 aromatic carbocycles. The molecule has 0 amide bonds. The van der Waals surface area contributed by atoms with E-state index in [4.69, 9.17) is 11.5 Å². The predicted octanol–water partition coefficient (Wildman–Crippen LogP) is 2.04. The van der Waals surface area contributed by atoms with Crippen LogP contribution in [0, 0.1) is 0 Å². The van der Waals surface area contributed by atoms with E-state index >= 15 is 0 Å². The fourth-order valence-corrected chi connectivity index (χ4v) is 2.51. The fourth-order valence-electron chi connectivity index (χ4n) is 2.51. The summed E-state index contributed by atoms with van der Waals surface area (Å²) in [5, 5.41) is 6.99. The number of hydrogen-bond donors (Lipinski definition) is 2. The monoisotopic (exact) mass is 324 g/mol. The van der Waals surface area contributed by atoms with Gasteiger partial charge in [-0.15, -0.1) is 10.2 Å². The lowest BCUT2D eigenvalue weighted by Crippen LogP contribution is -2.17. The zero-order valence-corrected chi connectivity index (χ0v) is 12.1. The van der Waals surface area contributed by atoms with Crippen molar-refractivity contribution in [1.82, 2.24) is 19.6 Å². The van der Waals surface area contributed by atoms with Crippen LogP contribution in [0.5, 0.6) is 0 Å². The van der Waals surface area contributed by atoms with Crippen LogP contribution in [0.1, 0.15) is 30.4 Å². The van der Waals surface area contributed by atoms with Gasteiger partial charge in [-0.05, 0) is 31.5 Å². The molecule has 122 valence electrons. The molecule has 4 N–H and O–H groups in total. The zero-order chi connectivity index (χ0) is 16.6. The molecule has 0 saturated carbocycles. The maximum absolute atomic E-state index is 13.2. The number of nitrogens with zero attached hydrogens (tertiary/aromatic N) is 4. The quantitative estimate of drug-likeness (QED) is 0.766. The van der Waals surface area contributed by atoms with Crippen molar-refractivity contribution in [1.29, 1.82) is 0 Å². The molecule has 0 aliphatic heterocycles. The second-order valence-corrected chi connectivity index (χ2v) is 5.20. The maximum atomic E-state index is 13.2. The van der Waals surface area contributed by atoms with Gasteiger partial charge in [0.25, 0.3) is 0 Å². The first-order chi connectivity index (χ1) is 10.9. The molecule has 2 aromatic heterocycles. The lowest BCUT2D eigenvalue weighted by Gasteiger charge is -2.14. The molecule has 6 nitrogen and oxygen atoms in total. The molecule has 0 aliphatic rings. The average Bonchev–Trinajstić information content (AvgIpc) is 2.97. The molecular formula is C14H15F3N6. The van der Waals surface area contributed by atoms with Gasteiger partial charge in [0.05, 0.1) is 17.1 Å². The van der Waals surface area contributed by atoms with Crippen LogP contribution in [0.15, 0.2) is 24.3 Å². The van der Waals surface area contributed by atoms with Crippen molar-refractivity contribution < 1.29 is 13.2 Å². The van der Waals surface area contributed by atoms with E-state index in [2.05, 4.69) is 15.2 Å². The molecule has 9 heteroatoms. The van der Waals surface area contributed by atoms with Crippen LogP contribution >= 0.6 is 0 Å². The van der Waals surface area contributed by atoms with Crippen molar-refractivity contribution in [2.75, 3.05) is 6.54 Å². The molecule has 1 atom stereocenters. The van der Waals surface area contributed by atoms with Crippen molar-refractivity contribution in [3.63, 3.8) is 0 Å². The van der Waals surface area contributed by atoms with Gasteiger partial charge in [0.1, 0.15) is 5.69 Å². The highest BCUT2D eigenvalue weighted by Gasteiger charge is 2.38. The van der Waals surface area contributed by atoms with E-state index in [9.17, 15) is 13.2 Å². The Morgan fingerprint density at radius 2 is 1.91 bits per heavy atom. The summed E-state index contributed by atoms with van der Waals surface area (Å²) in [5.74, 6) is -1.08. The Kier molecular flexibility index (Phi) is 3.90. The largest absolute Gasteiger partial charge is 0.452 e. The molecule has 0 bridgehead atoms. The number of halogens is 3. The third-order valence-corrected chi connectivity index (χ3v) is 3.58. The number of hydrogen-bond acceptors (Lipinski definition) is 5. The van der Waals surface area contributed by atoms with E-state index in [0.717, 1.165) is 4.40 Å². The highest BCUT2D eigenvalue weighted by Crippen LogP contribution is 2.31. The number of alkyl halides is 3. The Hall–Kier alpha value is -2.26.